The summed E-state index contributed by atoms with van der Waals surface area (Å²) in [7, 11) is 0. The summed E-state index contributed by atoms with van der Waals surface area (Å²) >= 11 is 0. The molecule has 0 spiro atoms. The molecule has 1 fully saturated rings. The molecule has 0 radical (unpaired) electrons. The summed E-state index contributed by atoms with van der Waals surface area (Å²) < 4.78 is 0. The van der Waals surface area contributed by atoms with E-state index in [2.05, 4.69) is 62.3 Å². The van der Waals surface area contributed by atoms with Crippen LogP contribution in [0.25, 0.3) is 0 Å². The molecule has 1 rings (SSSR count). The van der Waals surface area contributed by atoms with Gasteiger partial charge in [0.05, 0.1) is 0 Å². The van der Waals surface area contributed by atoms with Crippen LogP contribution in [0.5, 0.6) is 0 Å². The molecule has 0 aromatic heterocycles. The number of hydrogen-bond acceptors (Lipinski definition) is 0. The number of rotatable bonds is 6. The van der Waals surface area contributed by atoms with Crippen molar-refractivity contribution in [3.05, 3.63) is 0 Å². The summed E-state index contributed by atoms with van der Waals surface area (Å²) in [6.07, 6.45) is 4.24. The second-order valence-electron chi connectivity index (χ2n) is 9.19. The van der Waals surface area contributed by atoms with E-state index in [4.69, 9.17) is 0 Å². The van der Waals surface area contributed by atoms with Gasteiger partial charge in [0.1, 0.15) is 0 Å². The third-order valence-corrected chi connectivity index (χ3v) is 5.87. The summed E-state index contributed by atoms with van der Waals surface area (Å²) in [4.78, 5) is 0. The fraction of sp³-hybridized carbons (Fsp3) is 1.00. The highest BCUT2D eigenvalue weighted by molar-refractivity contribution is 5.14. The van der Waals surface area contributed by atoms with E-state index in [0.29, 0.717) is 10.8 Å². The Labute approximate surface area is 122 Å². The molecule has 0 nitrogen and oxygen atoms in total. The Morgan fingerprint density at radius 3 is 1.79 bits per heavy atom. The van der Waals surface area contributed by atoms with Gasteiger partial charge in [-0.3, -0.25) is 0 Å². The highest BCUT2D eigenvalue weighted by Gasteiger charge is 2.67. The molecule has 4 atom stereocenters. The Kier molecular flexibility index (Phi) is 5.19. The van der Waals surface area contributed by atoms with Crippen LogP contribution < -0.4 is 0 Å². The van der Waals surface area contributed by atoms with Crippen molar-refractivity contribution in [3.8, 4) is 0 Å². The minimum Gasteiger partial charge on any atom is -0.0628 e. The van der Waals surface area contributed by atoms with E-state index in [0.717, 1.165) is 29.6 Å². The average molecular weight is 267 g/mol. The van der Waals surface area contributed by atoms with Crippen molar-refractivity contribution in [2.45, 2.75) is 81.6 Å². The van der Waals surface area contributed by atoms with Crippen LogP contribution in [0.1, 0.15) is 81.6 Å². The van der Waals surface area contributed by atoms with Gasteiger partial charge < -0.3 is 0 Å². The predicted molar refractivity (Wildman–Crippen MR) is 87.2 cm³/mol. The molecule has 114 valence electrons. The van der Waals surface area contributed by atoms with Crippen LogP contribution in [-0.2, 0) is 0 Å². The molecule has 19 heavy (non-hydrogen) atoms. The zero-order valence-corrected chi connectivity index (χ0v) is 15.0. The van der Waals surface area contributed by atoms with Crippen LogP contribution in [0, 0.1) is 40.4 Å². The highest BCUT2D eigenvalue weighted by Crippen LogP contribution is 2.72. The SMILES string of the molecule is CC(C)CCCC(C)C1C(C(C)(C)C)C1(C)C(C)C. The van der Waals surface area contributed by atoms with Crippen molar-refractivity contribution in [2.75, 3.05) is 0 Å². The molecule has 0 bridgehead atoms. The number of hydrogen-bond donors (Lipinski definition) is 0. The Balaban J connectivity index is 2.66. The summed E-state index contributed by atoms with van der Waals surface area (Å²) in [6.45, 7) is 21.9. The van der Waals surface area contributed by atoms with Crippen LogP contribution in [-0.4, -0.2) is 0 Å². The fourth-order valence-corrected chi connectivity index (χ4v) is 4.75. The smallest absolute Gasteiger partial charge is 0.0233 e. The van der Waals surface area contributed by atoms with Gasteiger partial charge in [-0.2, -0.15) is 0 Å². The van der Waals surface area contributed by atoms with Gasteiger partial charge in [-0.1, -0.05) is 81.6 Å². The molecule has 0 aromatic rings. The van der Waals surface area contributed by atoms with Crippen molar-refractivity contribution in [1.29, 1.82) is 0 Å². The van der Waals surface area contributed by atoms with Gasteiger partial charge in [0.25, 0.3) is 0 Å². The zero-order valence-electron chi connectivity index (χ0n) is 15.0. The average Bonchev–Trinajstić information content (AvgIpc) is 2.85. The van der Waals surface area contributed by atoms with Crippen LogP contribution in [0.4, 0.5) is 0 Å². The first kappa shape index (κ1) is 17.1. The van der Waals surface area contributed by atoms with Gasteiger partial charge >= 0.3 is 0 Å². The maximum Gasteiger partial charge on any atom is -0.0233 e. The van der Waals surface area contributed by atoms with E-state index in [1.54, 1.807) is 0 Å². The molecule has 1 saturated carbocycles. The summed E-state index contributed by atoms with van der Waals surface area (Å²) in [5, 5.41) is 0. The normalized spacial score (nSPS) is 33.0. The Bertz CT molecular complexity index is 281. The van der Waals surface area contributed by atoms with Crippen molar-refractivity contribution in [2.24, 2.45) is 40.4 Å². The van der Waals surface area contributed by atoms with Crippen molar-refractivity contribution < 1.29 is 0 Å². The van der Waals surface area contributed by atoms with E-state index in [9.17, 15) is 0 Å². The van der Waals surface area contributed by atoms with Gasteiger partial charge in [-0.25, -0.2) is 0 Å². The Morgan fingerprint density at radius 2 is 1.47 bits per heavy atom. The largest absolute Gasteiger partial charge is 0.0628 e. The molecular weight excluding hydrogens is 228 g/mol. The monoisotopic (exact) mass is 266 g/mol. The van der Waals surface area contributed by atoms with E-state index in [-0.39, 0.29) is 0 Å². The summed E-state index contributed by atoms with van der Waals surface area (Å²) in [5.74, 6) is 4.43. The molecule has 0 heterocycles. The van der Waals surface area contributed by atoms with Gasteiger partial charge in [0, 0.05) is 0 Å². The molecule has 1 aliphatic carbocycles. The van der Waals surface area contributed by atoms with Gasteiger partial charge in [-0.15, -0.1) is 0 Å². The third kappa shape index (κ3) is 3.56. The maximum absolute atomic E-state index is 2.55. The minimum atomic E-state index is 0.468. The molecular formula is C19H38. The zero-order chi connectivity index (χ0) is 15.0. The summed E-state index contributed by atoms with van der Waals surface area (Å²) in [6, 6.07) is 0. The second kappa shape index (κ2) is 5.78. The Hall–Kier alpha value is 0. The molecule has 0 N–H and O–H groups in total. The third-order valence-electron chi connectivity index (χ3n) is 5.87. The van der Waals surface area contributed by atoms with Crippen molar-refractivity contribution >= 4 is 0 Å². The lowest BCUT2D eigenvalue weighted by molar-refractivity contribution is 0.246. The lowest BCUT2D eigenvalue weighted by Crippen LogP contribution is -2.17. The molecule has 0 aromatic carbocycles. The molecule has 0 amide bonds. The lowest BCUT2D eigenvalue weighted by Gasteiger charge is -2.24. The van der Waals surface area contributed by atoms with E-state index in [1.165, 1.54) is 19.3 Å². The van der Waals surface area contributed by atoms with E-state index < -0.39 is 0 Å². The molecule has 0 aliphatic heterocycles. The Morgan fingerprint density at radius 1 is 0.947 bits per heavy atom. The van der Waals surface area contributed by atoms with E-state index in [1.807, 2.05) is 0 Å². The van der Waals surface area contributed by atoms with E-state index >= 15 is 0 Å². The fourth-order valence-electron chi connectivity index (χ4n) is 4.75. The van der Waals surface area contributed by atoms with Gasteiger partial charge in [-0.05, 0) is 40.4 Å². The van der Waals surface area contributed by atoms with Crippen LogP contribution in [0.3, 0.4) is 0 Å². The minimum absolute atomic E-state index is 0.468. The summed E-state index contributed by atoms with van der Waals surface area (Å²) in [5.41, 5.74) is 1.05. The quantitative estimate of drug-likeness (QED) is 0.521. The predicted octanol–water partition coefficient (Wildman–Crippen LogP) is 6.40. The first-order valence-electron chi connectivity index (χ1n) is 8.52. The van der Waals surface area contributed by atoms with Gasteiger partial charge in [0.2, 0.25) is 0 Å². The first-order valence-corrected chi connectivity index (χ1v) is 8.52. The van der Waals surface area contributed by atoms with Crippen LogP contribution in [0.15, 0.2) is 0 Å². The topological polar surface area (TPSA) is 0 Å². The highest BCUT2D eigenvalue weighted by atomic mass is 14.7. The molecule has 0 saturated heterocycles. The lowest BCUT2D eigenvalue weighted by atomic mass is 9.81. The van der Waals surface area contributed by atoms with Crippen molar-refractivity contribution in [3.63, 3.8) is 0 Å². The molecule has 0 heteroatoms. The first-order chi connectivity index (χ1) is 8.52. The van der Waals surface area contributed by atoms with Crippen LogP contribution in [0.2, 0.25) is 0 Å². The maximum atomic E-state index is 2.55. The molecule has 1 aliphatic rings. The second-order valence-corrected chi connectivity index (χ2v) is 9.19. The molecule has 4 unspecified atom stereocenters. The van der Waals surface area contributed by atoms with Gasteiger partial charge in [0.15, 0.2) is 0 Å². The van der Waals surface area contributed by atoms with Crippen molar-refractivity contribution in [1.82, 2.24) is 0 Å². The standard InChI is InChI=1S/C19H38/c1-13(2)11-10-12-15(5)16-17(18(6,7)8)19(16,9)14(3)4/h13-17H,10-12H2,1-9H3. The van der Waals surface area contributed by atoms with Crippen LogP contribution >= 0.6 is 0 Å².